The molecule has 0 atom stereocenters. The van der Waals surface area contributed by atoms with Gasteiger partial charge in [-0.3, -0.25) is 4.55 Å². The summed E-state index contributed by atoms with van der Waals surface area (Å²) in [5, 5.41) is 0. The summed E-state index contributed by atoms with van der Waals surface area (Å²) in [6.07, 6.45) is 0. The summed E-state index contributed by atoms with van der Waals surface area (Å²) >= 11 is 0. The van der Waals surface area contributed by atoms with Crippen LogP contribution in [-0.4, -0.2) is 32.4 Å². The fourth-order valence-electron chi connectivity index (χ4n) is 0.149. The van der Waals surface area contributed by atoms with Crippen LogP contribution in [-0.2, 0) is 13.7 Å². The minimum absolute atomic E-state index is 0.392. The van der Waals surface area contributed by atoms with Crippen molar-refractivity contribution in [1.29, 1.82) is 0 Å². The zero-order chi connectivity index (χ0) is 5.91. The zero-order valence-corrected chi connectivity index (χ0v) is 8.02. The van der Waals surface area contributed by atoms with Gasteiger partial charge in [-0.1, -0.05) is 0 Å². The van der Waals surface area contributed by atoms with E-state index in [2.05, 4.69) is 4.12 Å². The average Bonchev–Trinajstić information content (AvgIpc) is 1.30. The van der Waals surface area contributed by atoms with Gasteiger partial charge < -0.3 is 4.12 Å². The van der Waals surface area contributed by atoms with Crippen molar-refractivity contribution in [3.63, 3.8) is 0 Å². The molecule has 0 aromatic rings. The van der Waals surface area contributed by atoms with E-state index in [1.54, 1.807) is 0 Å². The average molecular weight is 158 g/mol. The Balaban J connectivity index is 3.60. The van der Waals surface area contributed by atoms with Crippen LogP contribution in [0.15, 0.2) is 0 Å². The van der Waals surface area contributed by atoms with E-state index in [9.17, 15) is 8.42 Å². The molecule has 0 rings (SSSR count). The van der Waals surface area contributed by atoms with Gasteiger partial charge >= 0.3 is 8.91 Å². The van der Waals surface area contributed by atoms with E-state index in [1.165, 1.54) is 0 Å². The quantitative estimate of drug-likeness (QED) is 0.347. The van der Waals surface area contributed by atoms with Crippen LogP contribution >= 0.6 is 0 Å². The Kier molecular flexibility index (Phi) is 2.68. The van der Waals surface area contributed by atoms with Crippen LogP contribution in [0.25, 0.3) is 0 Å². The first-order valence-corrected chi connectivity index (χ1v) is 6.24. The van der Waals surface area contributed by atoms with E-state index in [0.29, 0.717) is 10.5 Å². The minimum Gasteiger partial charge on any atom is -0.456 e. The Morgan fingerprint density at radius 1 is 1.71 bits per heavy atom. The molecule has 44 valence electrons. The van der Waals surface area contributed by atoms with Gasteiger partial charge in [0.2, 0.25) is 9.57 Å². The van der Waals surface area contributed by atoms with E-state index in [-0.39, 0.29) is 0 Å². The molecule has 7 heteroatoms. The van der Waals surface area contributed by atoms with E-state index in [4.69, 9.17) is 4.55 Å². The maximum Gasteiger partial charge on any atom is 0.321 e. The highest BCUT2D eigenvalue weighted by Crippen LogP contribution is 1.73. The predicted octanol–water partition coefficient (Wildman–Crippen LogP) is -2.83. The van der Waals surface area contributed by atoms with Crippen LogP contribution in [0.3, 0.4) is 0 Å². The normalized spacial score (nSPS) is 13.9. The molecule has 1 N–H and O–H groups in total. The lowest BCUT2D eigenvalue weighted by Crippen LogP contribution is -2.10. The van der Waals surface area contributed by atoms with Crippen molar-refractivity contribution in [3.8, 4) is 0 Å². The van der Waals surface area contributed by atoms with Gasteiger partial charge in [0.25, 0.3) is 0 Å². The fraction of sp³-hybridized carbons (Fsp3) is 0. The standard InChI is InChI=1S/H6O4SSi2/c1-5(2,3)7-4-6/h7H2,6H3,(H,1,2,3). The van der Waals surface area contributed by atoms with Crippen molar-refractivity contribution in [2.45, 2.75) is 0 Å². The Hall–Kier alpha value is 0.304. The van der Waals surface area contributed by atoms with Gasteiger partial charge in [-0.25, -0.2) is 8.42 Å². The molecule has 0 aromatic carbocycles. The van der Waals surface area contributed by atoms with E-state index in [0.717, 1.165) is 0 Å². The molecule has 0 saturated heterocycles. The monoisotopic (exact) mass is 158 g/mol. The van der Waals surface area contributed by atoms with Gasteiger partial charge in [-0.15, -0.1) is 0 Å². The van der Waals surface area contributed by atoms with E-state index in [1.807, 2.05) is 0 Å². The van der Waals surface area contributed by atoms with Gasteiger partial charge in [-0.05, 0) is 0 Å². The third-order valence-corrected chi connectivity index (χ3v) is 4.52. The Morgan fingerprint density at radius 2 is 2.14 bits per heavy atom. The third-order valence-electron chi connectivity index (χ3n) is 0.267. The fourth-order valence-corrected chi connectivity index (χ4v) is 4.02. The van der Waals surface area contributed by atoms with Gasteiger partial charge in [-0.2, -0.15) is 0 Å². The molecule has 0 fully saturated rings. The van der Waals surface area contributed by atoms with Crippen LogP contribution in [0, 0.1) is 0 Å². The summed E-state index contributed by atoms with van der Waals surface area (Å²) in [4.78, 5) is 0. The van der Waals surface area contributed by atoms with Gasteiger partial charge in [0, 0.05) is 0 Å². The summed E-state index contributed by atoms with van der Waals surface area (Å²) in [7, 11) is -4.98. The minimum atomic E-state index is -3.72. The molecular weight excluding hydrogens is 152 g/mol. The van der Waals surface area contributed by atoms with Crippen molar-refractivity contribution in [3.05, 3.63) is 0 Å². The second kappa shape index (κ2) is 2.57. The molecule has 7 heavy (non-hydrogen) atoms. The second-order valence-electron chi connectivity index (χ2n) is 0.988. The highest BCUT2D eigenvalue weighted by molar-refractivity contribution is 8.10. The molecule has 0 saturated carbocycles. The lowest BCUT2D eigenvalue weighted by Gasteiger charge is -1.88. The first kappa shape index (κ1) is 7.30. The lowest BCUT2D eigenvalue weighted by molar-refractivity contribution is 0.493. The summed E-state index contributed by atoms with van der Waals surface area (Å²) < 4.78 is 31.8. The Morgan fingerprint density at radius 3 is 2.14 bits per heavy atom. The van der Waals surface area contributed by atoms with Crippen LogP contribution in [0.5, 0.6) is 0 Å². The Labute approximate surface area is 46.8 Å². The van der Waals surface area contributed by atoms with E-state index < -0.39 is 18.5 Å². The largest absolute Gasteiger partial charge is 0.456 e. The molecule has 0 aliphatic rings. The zero-order valence-electron chi connectivity index (χ0n) is 3.79. The van der Waals surface area contributed by atoms with Gasteiger partial charge in [0.1, 0.15) is 10.5 Å². The van der Waals surface area contributed by atoms with Crippen LogP contribution in [0.2, 0.25) is 0 Å². The van der Waals surface area contributed by atoms with Crippen molar-refractivity contribution in [1.82, 2.24) is 0 Å². The molecule has 0 aliphatic carbocycles. The highest BCUT2D eigenvalue weighted by atomic mass is 32.4. The van der Waals surface area contributed by atoms with Crippen molar-refractivity contribution in [2.75, 3.05) is 0 Å². The van der Waals surface area contributed by atoms with Crippen LogP contribution in [0.1, 0.15) is 0 Å². The number of hydrogen-bond donors (Lipinski definition) is 1. The molecule has 0 radical (unpaired) electrons. The molecule has 0 heterocycles. The molecular formula is H6O4SSi2. The Bertz CT molecular complexity index is 123. The molecule has 0 bridgehead atoms. The second-order valence-corrected chi connectivity index (χ2v) is 7.59. The number of hydrogen-bond acceptors (Lipinski definition) is 3. The lowest BCUT2D eigenvalue weighted by atomic mass is 15.8. The first-order chi connectivity index (χ1) is 3.06. The molecule has 0 amide bonds. The smallest absolute Gasteiger partial charge is 0.321 e. The van der Waals surface area contributed by atoms with Gasteiger partial charge in [0.05, 0.1) is 0 Å². The molecule has 4 nitrogen and oxygen atoms in total. The molecule has 0 aromatic heterocycles. The van der Waals surface area contributed by atoms with Crippen LogP contribution in [0.4, 0.5) is 0 Å². The molecule has 0 unspecified atom stereocenters. The maximum absolute atomic E-state index is 9.75. The van der Waals surface area contributed by atoms with Crippen molar-refractivity contribution >= 4 is 29.0 Å². The summed E-state index contributed by atoms with van der Waals surface area (Å²) in [6.45, 7) is 0. The number of rotatable bonds is 2. The van der Waals surface area contributed by atoms with Crippen LogP contribution < -0.4 is 0 Å². The van der Waals surface area contributed by atoms with E-state index >= 15 is 0 Å². The maximum atomic E-state index is 9.75. The third kappa shape index (κ3) is 6.30. The topological polar surface area (TPSA) is 63.6 Å². The van der Waals surface area contributed by atoms with Crippen molar-refractivity contribution < 1.29 is 17.1 Å². The SMILES string of the molecule is O=S(=O)(O)[SiH2]O[SiH3]. The first-order valence-electron chi connectivity index (χ1n) is 1.50. The summed E-state index contributed by atoms with van der Waals surface area (Å²) in [5.41, 5.74) is 0. The predicted molar refractivity (Wildman–Crippen MR) is 31.1 cm³/mol. The van der Waals surface area contributed by atoms with Gasteiger partial charge in [0.15, 0.2) is 0 Å². The molecule has 0 aliphatic heterocycles. The van der Waals surface area contributed by atoms with Crippen molar-refractivity contribution in [2.24, 2.45) is 0 Å². The molecule has 0 spiro atoms. The highest BCUT2D eigenvalue weighted by Gasteiger charge is 2.00. The summed E-state index contributed by atoms with van der Waals surface area (Å²) in [5.74, 6) is 0. The summed E-state index contributed by atoms with van der Waals surface area (Å²) in [6, 6.07) is 0.